The molecule has 0 radical (unpaired) electrons. The largest absolute Gasteiger partial charge is 0.448 e. The number of nitrogens with one attached hydrogen (secondary N) is 1. The number of imide groups is 1. The molecule has 1 rings (SSSR count). The number of nitrogens with two attached hydrogens (primary N) is 1. The van der Waals surface area contributed by atoms with Gasteiger partial charge < -0.3 is 10.5 Å². The molecule has 24 heavy (non-hydrogen) atoms. The summed E-state index contributed by atoms with van der Waals surface area (Å²) in [4.78, 5) is 45.6. The highest BCUT2D eigenvalue weighted by Gasteiger charge is 2.28. The highest BCUT2D eigenvalue weighted by atomic mass is 32.2. The van der Waals surface area contributed by atoms with Crippen molar-refractivity contribution in [1.82, 2.24) is 5.32 Å². The molecular formula is C14H17N3O6S. The number of thioether (sulfide) groups is 1. The van der Waals surface area contributed by atoms with Gasteiger partial charge in [-0.3, -0.25) is 20.2 Å². The number of ether oxygens (including phenoxy) is 1. The average Bonchev–Trinajstić information content (AvgIpc) is 2.50. The number of nitrogens with zero attached hydrogens (tertiary/aromatic N) is 1. The summed E-state index contributed by atoms with van der Waals surface area (Å²) in [6, 6.07) is 2.80. The van der Waals surface area contributed by atoms with Crippen LogP contribution in [-0.4, -0.2) is 35.2 Å². The summed E-state index contributed by atoms with van der Waals surface area (Å²) in [5, 5.41) is 12.9. The summed E-state index contributed by atoms with van der Waals surface area (Å²) in [7, 11) is 0. The Morgan fingerprint density at radius 1 is 1.33 bits per heavy atom. The Labute approximate surface area is 142 Å². The van der Waals surface area contributed by atoms with E-state index in [1.165, 1.54) is 23.9 Å². The average molecular weight is 355 g/mol. The van der Waals surface area contributed by atoms with E-state index < -0.39 is 34.9 Å². The lowest BCUT2D eigenvalue weighted by atomic mass is 10.1. The van der Waals surface area contributed by atoms with Gasteiger partial charge in [0.2, 0.25) is 0 Å². The van der Waals surface area contributed by atoms with E-state index in [9.17, 15) is 24.5 Å². The Balaban J connectivity index is 3.04. The van der Waals surface area contributed by atoms with Crippen molar-refractivity contribution in [1.29, 1.82) is 0 Å². The summed E-state index contributed by atoms with van der Waals surface area (Å²) < 4.78 is 5.08. The SMILES string of the molecule is CSc1ccc(C(=O)O[C@H](C(=O)NC(N)=O)C(C)C)cc1[N+](=O)[O-]. The fraction of sp³-hybridized carbons (Fsp3) is 0.357. The smallest absolute Gasteiger partial charge is 0.339 e. The van der Waals surface area contributed by atoms with E-state index in [1.807, 2.05) is 5.32 Å². The van der Waals surface area contributed by atoms with E-state index >= 15 is 0 Å². The number of benzene rings is 1. The van der Waals surface area contributed by atoms with Crippen LogP contribution < -0.4 is 11.1 Å². The summed E-state index contributed by atoms with van der Waals surface area (Å²) in [6.07, 6.45) is 0.410. The molecule has 1 atom stereocenters. The van der Waals surface area contributed by atoms with Gasteiger partial charge in [0.1, 0.15) is 0 Å². The molecule has 130 valence electrons. The van der Waals surface area contributed by atoms with Crippen LogP contribution in [0.2, 0.25) is 0 Å². The lowest BCUT2D eigenvalue weighted by Gasteiger charge is -2.19. The van der Waals surface area contributed by atoms with Gasteiger partial charge in [0, 0.05) is 6.07 Å². The number of rotatable bonds is 6. The van der Waals surface area contributed by atoms with Gasteiger partial charge >= 0.3 is 12.0 Å². The zero-order chi connectivity index (χ0) is 18.4. The third-order valence-corrected chi connectivity index (χ3v) is 3.74. The minimum atomic E-state index is -1.26. The zero-order valence-corrected chi connectivity index (χ0v) is 14.1. The molecule has 0 saturated heterocycles. The highest BCUT2D eigenvalue weighted by Crippen LogP contribution is 2.28. The second-order valence-corrected chi connectivity index (χ2v) is 5.92. The van der Waals surface area contributed by atoms with Gasteiger partial charge in [-0.2, -0.15) is 0 Å². The van der Waals surface area contributed by atoms with Gasteiger partial charge in [-0.25, -0.2) is 9.59 Å². The standard InChI is InChI=1S/C14H17N3O6S/c1-7(2)11(12(18)16-14(15)20)23-13(19)8-4-5-10(24-3)9(6-8)17(21)22/h4-7,11H,1-3H3,(H3,15,16,18,20)/t11-/m0/s1. The maximum atomic E-state index is 12.2. The van der Waals surface area contributed by atoms with Crippen molar-refractivity contribution in [3.05, 3.63) is 33.9 Å². The molecule has 0 heterocycles. The van der Waals surface area contributed by atoms with Crippen molar-refractivity contribution < 1.29 is 24.0 Å². The summed E-state index contributed by atoms with van der Waals surface area (Å²) >= 11 is 1.17. The van der Waals surface area contributed by atoms with Gasteiger partial charge in [0.05, 0.1) is 15.4 Å². The second-order valence-electron chi connectivity index (χ2n) is 5.07. The molecule has 0 saturated carbocycles. The van der Waals surface area contributed by atoms with Crippen LogP contribution in [0, 0.1) is 16.0 Å². The number of carbonyl (C=O) groups excluding carboxylic acids is 3. The zero-order valence-electron chi connectivity index (χ0n) is 13.3. The molecule has 0 aromatic heterocycles. The van der Waals surface area contributed by atoms with Gasteiger partial charge in [-0.1, -0.05) is 13.8 Å². The molecule has 1 aromatic carbocycles. The Kier molecular flexibility index (Phi) is 6.71. The molecule has 0 fully saturated rings. The van der Waals surface area contributed by atoms with Gasteiger partial charge in [0.25, 0.3) is 11.6 Å². The van der Waals surface area contributed by atoms with Crippen molar-refractivity contribution in [2.75, 3.05) is 6.26 Å². The van der Waals surface area contributed by atoms with Crippen LogP contribution in [0.4, 0.5) is 10.5 Å². The maximum Gasteiger partial charge on any atom is 0.339 e. The molecule has 0 bridgehead atoms. The van der Waals surface area contributed by atoms with E-state index in [2.05, 4.69) is 0 Å². The summed E-state index contributed by atoms with van der Waals surface area (Å²) in [5.74, 6) is -2.21. The maximum absolute atomic E-state index is 12.2. The highest BCUT2D eigenvalue weighted by molar-refractivity contribution is 7.98. The van der Waals surface area contributed by atoms with Gasteiger partial charge in [-0.15, -0.1) is 11.8 Å². The molecule has 3 amide bonds. The number of amides is 3. The third kappa shape index (κ3) is 4.95. The van der Waals surface area contributed by atoms with E-state index in [1.54, 1.807) is 20.1 Å². The van der Waals surface area contributed by atoms with Crippen LogP contribution in [0.25, 0.3) is 0 Å². The van der Waals surface area contributed by atoms with Crippen LogP contribution in [0.3, 0.4) is 0 Å². The number of hydrogen-bond acceptors (Lipinski definition) is 7. The molecular weight excluding hydrogens is 338 g/mol. The molecule has 9 nitrogen and oxygen atoms in total. The number of esters is 1. The predicted molar refractivity (Wildman–Crippen MR) is 86.6 cm³/mol. The van der Waals surface area contributed by atoms with Crippen molar-refractivity contribution >= 4 is 35.4 Å². The quantitative estimate of drug-likeness (QED) is 0.342. The fourth-order valence-electron chi connectivity index (χ4n) is 1.83. The Morgan fingerprint density at radius 3 is 2.42 bits per heavy atom. The summed E-state index contributed by atoms with van der Waals surface area (Å²) in [5.41, 5.74) is 4.56. The van der Waals surface area contributed by atoms with Crippen LogP contribution in [0.5, 0.6) is 0 Å². The molecule has 0 aliphatic heterocycles. The van der Waals surface area contributed by atoms with Crippen LogP contribution in [0.1, 0.15) is 24.2 Å². The Hall–Kier alpha value is -2.62. The van der Waals surface area contributed by atoms with Gasteiger partial charge in [-0.05, 0) is 24.3 Å². The van der Waals surface area contributed by atoms with E-state index in [0.717, 1.165) is 6.07 Å². The predicted octanol–water partition coefficient (Wildman–Crippen LogP) is 1.69. The lowest BCUT2D eigenvalue weighted by Crippen LogP contribution is -2.45. The first-order valence-electron chi connectivity index (χ1n) is 6.81. The molecule has 1 aromatic rings. The van der Waals surface area contributed by atoms with Crippen molar-refractivity contribution in [3.8, 4) is 0 Å². The van der Waals surface area contributed by atoms with Crippen LogP contribution in [0.15, 0.2) is 23.1 Å². The minimum Gasteiger partial charge on any atom is -0.448 e. The molecule has 0 spiro atoms. The molecule has 10 heteroatoms. The van der Waals surface area contributed by atoms with E-state index in [0.29, 0.717) is 4.90 Å². The number of carbonyl (C=O) groups is 3. The molecule has 3 N–H and O–H groups in total. The van der Waals surface area contributed by atoms with Crippen molar-refractivity contribution in [2.45, 2.75) is 24.8 Å². The first kappa shape index (κ1) is 19.4. The second kappa shape index (κ2) is 8.29. The number of primary amides is 1. The third-order valence-electron chi connectivity index (χ3n) is 2.96. The van der Waals surface area contributed by atoms with Gasteiger partial charge in [0.15, 0.2) is 6.10 Å². The number of nitro groups is 1. The molecule has 0 aliphatic rings. The fourth-order valence-corrected chi connectivity index (χ4v) is 2.37. The minimum absolute atomic E-state index is 0.0722. The number of nitro benzene ring substituents is 1. The molecule has 0 aliphatic carbocycles. The number of hydrogen-bond donors (Lipinski definition) is 2. The monoisotopic (exact) mass is 355 g/mol. The number of urea groups is 1. The van der Waals surface area contributed by atoms with Crippen LogP contribution in [-0.2, 0) is 9.53 Å². The summed E-state index contributed by atoms with van der Waals surface area (Å²) in [6.45, 7) is 3.22. The first-order valence-corrected chi connectivity index (χ1v) is 8.03. The molecule has 0 unspecified atom stereocenters. The van der Waals surface area contributed by atoms with Crippen LogP contribution >= 0.6 is 11.8 Å². The van der Waals surface area contributed by atoms with Crippen molar-refractivity contribution in [2.24, 2.45) is 11.7 Å². The Bertz CT molecular complexity index is 676. The van der Waals surface area contributed by atoms with Crippen molar-refractivity contribution in [3.63, 3.8) is 0 Å². The van der Waals surface area contributed by atoms with E-state index in [4.69, 9.17) is 10.5 Å². The lowest BCUT2D eigenvalue weighted by molar-refractivity contribution is -0.387. The first-order chi connectivity index (χ1) is 11.2. The topological polar surface area (TPSA) is 142 Å². The normalized spacial score (nSPS) is 11.7. The Morgan fingerprint density at radius 2 is 1.96 bits per heavy atom. The van der Waals surface area contributed by atoms with E-state index in [-0.39, 0.29) is 11.3 Å².